The zero-order valence-electron chi connectivity index (χ0n) is 15.9. The molecular weight excluding hydrogens is 405 g/mol. The van der Waals surface area contributed by atoms with Gasteiger partial charge in [-0.3, -0.25) is 9.79 Å². The molecule has 0 bridgehead atoms. The van der Waals surface area contributed by atoms with Gasteiger partial charge in [-0.25, -0.2) is 4.39 Å². The number of aliphatic imine (C=N–C) groups is 1. The van der Waals surface area contributed by atoms with Gasteiger partial charge in [0.15, 0.2) is 17.5 Å². The first-order valence-corrected chi connectivity index (χ1v) is 8.82. The number of carbonyl (C=O) groups is 1. The van der Waals surface area contributed by atoms with Crippen LogP contribution in [-0.2, 0) is 11.3 Å². The van der Waals surface area contributed by atoms with Gasteiger partial charge in [0.25, 0.3) is 0 Å². The summed E-state index contributed by atoms with van der Waals surface area (Å²) < 4.78 is 53.6. The number of rotatable bonds is 7. The quantitative estimate of drug-likeness (QED) is 0.467. The van der Waals surface area contributed by atoms with Crippen LogP contribution < -0.4 is 30.2 Å². The maximum Gasteiger partial charge on any atom is 0.387 e. The second-order valence-electron chi connectivity index (χ2n) is 6.03. The van der Waals surface area contributed by atoms with Gasteiger partial charge in [0.1, 0.15) is 11.6 Å². The third-order valence-corrected chi connectivity index (χ3v) is 3.97. The molecule has 1 heterocycles. The van der Waals surface area contributed by atoms with Crippen molar-refractivity contribution in [3.8, 4) is 17.2 Å². The van der Waals surface area contributed by atoms with Gasteiger partial charge >= 0.3 is 6.61 Å². The summed E-state index contributed by atoms with van der Waals surface area (Å²) in [6, 6.07) is 8.34. The van der Waals surface area contributed by atoms with Crippen LogP contribution in [0.2, 0.25) is 0 Å². The van der Waals surface area contributed by atoms with Crippen LogP contribution in [0.3, 0.4) is 0 Å². The van der Waals surface area contributed by atoms with Crippen molar-refractivity contribution in [1.29, 1.82) is 0 Å². The Bertz CT molecular complexity index is 940. The Hall–Kier alpha value is -3.63. The average Bonchev–Trinajstić information content (AvgIpc) is 3.14. The number of anilines is 1. The molecule has 0 saturated carbocycles. The van der Waals surface area contributed by atoms with Crippen LogP contribution >= 0.6 is 0 Å². The molecule has 0 spiro atoms. The van der Waals surface area contributed by atoms with Crippen molar-refractivity contribution in [2.75, 3.05) is 25.7 Å². The molecule has 1 aliphatic heterocycles. The predicted octanol–water partition coefficient (Wildman–Crippen LogP) is 2.46. The standard InChI is InChI=1S/C19H19F3N4O4/c1-23-19(25-9-17(27)26-13-4-2-3-12(20)6-13)24-8-11-5-15-16(29-10-28-15)7-14(11)30-18(21)22/h2-7,18H,8-10H2,1H3,(H,26,27)(H2,23,24,25). The summed E-state index contributed by atoms with van der Waals surface area (Å²) in [6.07, 6.45) is 0. The number of amides is 1. The van der Waals surface area contributed by atoms with Crippen molar-refractivity contribution in [2.45, 2.75) is 13.2 Å². The second kappa shape index (κ2) is 9.72. The summed E-state index contributed by atoms with van der Waals surface area (Å²) in [5.41, 5.74) is 0.700. The summed E-state index contributed by atoms with van der Waals surface area (Å²) in [5.74, 6) is 0.00000148. The minimum atomic E-state index is -3.01. The lowest BCUT2D eigenvalue weighted by atomic mass is 10.1. The Kier molecular flexibility index (Phi) is 6.83. The van der Waals surface area contributed by atoms with E-state index in [1.54, 1.807) is 6.07 Å². The van der Waals surface area contributed by atoms with Gasteiger partial charge in [0.2, 0.25) is 12.7 Å². The topological polar surface area (TPSA) is 93.2 Å². The van der Waals surface area contributed by atoms with E-state index in [1.807, 2.05) is 0 Å². The van der Waals surface area contributed by atoms with E-state index in [2.05, 4.69) is 25.7 Å². The molecule has 0 aromatic heterocycles. The molecule has 30 heavy (non-hydrogen) atoms. The smallest absolute Gasteiger partial charge is 0.387 e. The van der Waals surface area contributed by atoms with Gasteiger partial charge in [-0.1, -0.05) is 6.07 Å². The highest BCUT2D eigenvalue weighted by Crippen LogP contribution is 2.38. The van der Waals surface area contributed by atoms with Gasteiger partial charge in [0, 0.05) is 30.9 Å². The molecule has 1 aliphatic rings. The molecular formula is C19H19F3N4O4. The van der Waals surface area contributed by atoms with E-state index in [0.717, 1.165) is 0 Å². The van der Waals surface area contributed by atoms with Crippen molar-refractivity contribution in [3.05, 3.63) is 47.8 Å². The van der Waals surface area contributed by atoms with E-state index < -0.39 is 18.3 Å². The Morgan fingerprint density at radius 2 is 1.97 bits per heavy atom. The molecule has 2 aromatic carbocycles. The number of halogens is 3. The van der Waals surface area contributed by atoms with Crippen LogP contribution in [0, 0.1) is 5.82 Å². The van der Waals surface area contributed by atoms with Crippen molar-refractivity contribution in [2.24, 2.45) is 4.99 Å². The lowest BCUT2D eigenvalue weighted by molar-refractivity contribution is -0.115. The fraction of sp³-hybridized carbons (Fsp3) is 0.263. The fourth-order valence-corrected chi connectivity index (χ4v) is 2.64. The Balaban J connectivity index is 1.57. The Morgan fingerprint density at radius 1 is 1.20 bits per heavy atom. The second-order valence-corrected chi connectivity index (χ2v) is 6.03. The summed E-state index contributed by atoms with van der Waals surface area (Å²) in [6.45, 7) is -3.11. The highest BCUT2D eigenvalue weighted by atomic mass is 19.3. The fourth-order valence-electron chi connectivity index (χ4n) is 2.64. The number of fused-ring (bicyclic) bond motifs is 1. The van der Waals surface area contributed by atoms with Crippen LogP contribution in [0.1, 0.15) is 5.56 Å². The molecule has 0 unspecified atom stereocenters. The number of nitrogens with zero attached hydrogens (tertiary/aromatic N) is 1. The molecule has 3 rings (SSSR count). The summed E-state index contributed by atoms with van der Waals surface area (Å²) in [5, 5.41) is 8.21. The lowest BCUT2D eigenvalue weighted by Crippen LogP contribution is -2.41. The van der Waals surface area contributed by atoms with Crippen LogP contribution in [-0.4, -0.2) is 38.9 Å². The van der Waals surface area contributed by atoms with Crippen molar-refractivity contribution in [3.63, 3.8) is 0 Å². The summed E-state index contributed by atoms with van der Waals surface area (Å²) >= 11 is 0. The normalized spacial score (nSPS) is 12.6. The van der Waals surface area contributed by atoms with Crippen molar-refractivity contribution >= 4 is 17.6 Å². The summed E-state index contributed by atoms with van der Waals surface area (Å²) in [4.78, 5) is 16.0. The number of hydrogen-bond acceptors (Lipinski definition) is 5. The van der Waals surface area contributed by atoms with Gasteiger partial charge in [-0.05, 0) is 24.3 Å². The first kappa shape index (κ1) is 21.1. The SMILES string of the molecule is CN=C(NCC(=O)Nc1cccc(F)c1)NCc1cc2c(cc1OC(F)F)OCO2. The molecule has 0 radical (unpaired) electrons. The molecule has 0 atom stereocenters. The third-order valence-electron chi connectivity index (χ3n) is 3.97. The van der Waals surface area contributed by atoms with Gasteiger partial charge in [0.05, 0.1) is 6.54 Å². The number of carbonyl (C=O) groups excluding carboxylic acids is 1. The minimum Gasteiger partial charge on any atom is -0.454 e. The van der Waals surface area contributed by atoms with Gasteiger partial charge in [-0.15, -0.1) is 0 Å². The molecule has 0 saturated heterocycles. The minimum absolute atomic E-state index is 0.00994. The zero-order chi connectivity index (χ0) is 21.5. The maximum atomic E-state index is 13.2. The van der Waals surface area contributed by atoms with E-state index in [1.165, 1.54) is 37.4 Å². The number of guanidine groups is 1. The van der Waals surface area contributed by atoms with Crippen LogP contribution in [0.25, 0.3) is 0 Å². The molecule has 2 aromatic rings. The van der Waals surface area contributed by atoms with E-state index in [9.17, 15) is 18.0 Å². The van der Waals surface area contributed by atoms with Gasteiger partial charge < -0.3 is 30.2 Å². The summed E-state index contributed by atoms with van der Waals surface area (Å²) in [7, 11) is 1.48. The molecule has 11 heteroatoms. The van der Waals surface area contributed by atoms with Crippen LogP contribution in [0.15, 0.2) is 41.4 Å². The molecule has 1 amide bonds. The first-order valence-electron chi connectivity index (χ1n) is 8.82. The number of nitrogens with one attached hydrogen (secondary N) is 3. The molecule has 8 nitrogen and oxygen atoms in total. The predicted molar refractivity (Wildman–Crippen MR) is 102 cm³/mol. The van der Waals surface area contributed by atoms with E-state index in [0.29, 0.717) is 22.7 Å². The largest absolute Gasteiger partial charge is 0.454 e. The first-order chi connectivity index (χ1) is 14.4. The molecule has 0 aliphatic carbocycles. The van der Waals surface area contributed by atoms with E-state index in [4.69, 9.17) is 9.47 Å². The molecule has 160 valence electrons. The number of ether oxygens (including phenoxy) is 3. The Morgan fingerprint density at radius 3 is 2.67 bits per heavy atom. The van der Waals surface area contributed by atoms with Crippen molar-refractivity contribution in [1.82, 2.24) is 10.6 Å². The van der Waals surface area contributed by atoms with E-state index in [-0.39, 0.29) is 31.6 Å². The number of hydrogen-bond donors (Lipinski definition) is 3. The van der Waals surface area contributed by atoms with E-state index >= 15 is 0 Å². The third kappa shape index (κ3) is 5.69. The highest BCUT2D eigenvalue weighted by molar-refractivity contribution is 5.94. The molecule has 3 N–H and O–H groups in total. The molecule has 0 fully saturated rings. The zero-order valence-corrected chi connectivity index (χ0v) is 15.9. The maximum absolute atomic E-state index is 13.2. The van der Waals surface area contributed by atoms with Crippen molar-refractivity contribution < 1.29 is 32.2 Å². The average molecular weight is 424 g/mol. The Labute approximate surface area is 170 Å². The number of benzene rings is 2. The van der Waals surface area contributed by atoms with Gasteiger partial charge in [-0.2, -0.15) is 8.78 Å². The monoisotopic (exact) mass is 424 g/mol. The lowest BCUT2D eigenvalue weighted by Gasteiger charge is -2.15. The highest BCUT2D eigenvalue weighted by Gasteiger charge is 2.20. The number of alkyl halides is 2. The van der Waals surface area contributed by atoms with Crippen LogP contribution in [0.5, 0.6) is 17.2 Å². The van der Waals surface area contributed by atoms with Crippen LogP contribution in [0.4, 0.5) is 18.9 Å².